The molecule has 0 rings (SSSR count). The third-order valence-electron chi connectivity index (χ3n) is 2.01. The summed E-state index contributed by atoms with van der Waals surface area (Å²) < 4.78 is 21.9. The van der Waals surface area contributed by atoms with Crippen LogP contribution in [0.3, 0.4) is 0 Å². The van der Waals surface area contributed by atoms with Gasteiger partial charge < -0.3 is 18.6 Å². The summed E-state index contributed by atoms with van der Waals surface area (Å²) in [7, 11) is 2.19. The second kappa shape index (κ2) is 7.04. The van der Waals surface area contributed by atoms with Crippen molar-refractivity contribution in [3.05, 3.63) is 12.2 Å². The van der Waals surface area contributed by atoms with Crippen LogP contribution in [-0.4, -0.2) is 62.4 Å². The first-order valence-corrected chi connectivity index (χ1v) is 7.39. The molecular weight excluding hydrogens is 257 g/mol. The van der Waals surface area contributed by atoms with Crippen LogP contribution in [0.2, 0.25) is 0 Å². The fourth-order valence-corrected chi connectivity index (χ4v) is 1.72. The van der Waals surface area contributed by atoms with Gasteiger partial charge in [0.25, 0.3) is 0 Å². The van der Waals surface area contributed by atoms with Crippen LogP contribution in [0.1, 0.15) is 6.92 Å². The van der Waals surface area contributed by atoms with Gasteiger partial charge in [0.15, 0.2) is 0 Å². The van der Waals surface area contributed by atoms with Crippen LogP contribution in [0.25, 0.3) is 0 Å². The molecule has 0 bridgehead atoms. The summed E-state index contributed by atoms with van der Waals surface area (Å²) in [5.74, 6) is -0.568. The lowest BCUT2D eigenvalue weighted by atomic mass is 10.4. The van der Waals surface area contributed by atoms with Gasteiger partial charge in [-0.25, -0.2) is 4.79 Å². The quantitative estimate of drug-likeness (QED) is 0.311. The third kappa shape index (κ3) is 9.36. The Balaban J connectivity index is 3.91. The van der Waals surface area contributed by atoms with E-state index in [0.717, 1.165) is 0 Å². The molecule has 1 atom stereocenters. The summed E-state index contributed by atoms with van der Waals surface area (Å²) in [6, 6.07) is 0. The molecule has 6 nitrogen and oxygen atoms in total. The number of hydrogen-bond donors (Lipinski definition) is 1. The minimum atomic E-state index is -3.68. The minimum Gasteiger partial charge on any atom is -0.462 e. The molecule has 0 aliphatic heterocycles. The van der Waals surface area contributed by atoms with Crippen LogP contribution in [0.5, 0.6) is 0 Å². The maximum absolute atomic E-state index is 11.6. The molecule has 0 saturated carbocycles. The summed E-state index contributed by atoms with van der Waals surface area (Å²) in [4.78, 5) is 20.5. The second-order valence-electron chi connectivity index (χ2n) is 5.12. The molecule has 0 aliphatic rings. The average molecular weight is 280 g/mol. The van der Waals surface area contributed by atoms with E-state index >= 15 is 0 Å². The Labute approximate surface area is 108 Å². The van der Waals surface area contributed by atoms with Crippen molar-refractivity contribution in [3.63, 3.8) is 0 Å². The number of ether oxygens (including phenoxy) is 1. The zero-order chi connectivity index (χ0) is 14.4. The molecule has 0 aromatic heterocycles. The number of nitrogens with zero attached hydrogens (tertiary/aromatic N) is 1. The van der Waals surface area contributed by atoms with Gasteiger partial charge in [-0.3, -0.25) is 4.57 Å². The Bertz CT molecular complexity index is 348. The van der Waals surface area contributed by atoms with Crippen molar-refractivity contribution in [2.45, 2.75) is 6.92 Å². The van der Waals surface area contributed by atoms with E-state index in [2.05, 4.69) is 6.58 Å². The van der Waals surface area contributed by atoms with Gasteiger partial charge in [0.2, 0.25) is 0 Å². The molecule has 106 valence electrons. The lowest BCUT2D eigenvalue weighted by Gasteiger charge is -2.24. The first-order valence-electron chi connectivity index (χ1n) is 5.63. The normalized spacial score (nSPS) is 14.9. The fraction of sp³-hybridized carbons (Fsp3) is 0.727. The summed E-state index contributed by atoms with van der Waals surface area (Å²) in [5.41, 5.74) is 0.258. The summed E-state index contributed by atoms with van der Waals surface area (Å²) in [5, 5.41) is 0. The number of rotatable bonds is 8. The van der Waals surface area contributed by atoms with E-state index in [4.69, 9.17) is 9.26 Å². The Morgan fingerprint density at radius 3 is 2.33 bits per heavy atom. The summed E-state index contributed by atoms with van der Waals surface area (Å²) in [6.45, 7) is 5.58. The van der Waals surface area contributed by atoms with Crippen LogP contribution in [-0.2, 0) is 18.6 Å². The molecule has 1 N–H and O–H groups in total. The minimum absolute atomic E-state index is 0.149. The first-order chi connectivity index (χ1) is 8.03. The van der Waals surface area contributed by atoms with Gasteiger partial charge in [-0.15, -0.1) is 0 Å². The predicted molar refractivity (Wildman–Crippen MR) is 69.3 cm³/mol. The van der Waals surface area contributed by atoms with Gasteiger partial charge in [0.1, 0.15) is 19.8 Å². The molecule has 18 heavy (non-hydrogen) atoms. The maximum Gasteiger partial charge on any atom is 0.333 e. The van der Waals surface area contributed by atoms with Crippen molar-refractivity contribution in [3.8, 4) is 0 Å². The molecule has 7 heteroatoms. The van der Waals surface area contributed by atoms with E-state index in [1.807, 2.05) is 21.1 Å². The first kappa shape index (κ1) is 17.3. The fourth-order valence-electron chi connectivity index (χ4n) is 0.899. The molecule has 0 aliphatic carbocycles. The lowest BCUT2D eigenvalue weighted by molar-refractivity contribution is -0.870. The van der Waals surface area contributed by atoms with Crippen LogP contribution >= 0.6 is 7.60 Å². The molecular formula is C11H23NO5P+. The largest absolute Gasteiger partial charge is 0.462 e. The van der Waals surface area contributed by atoms with E-state index in [1.54, 1.807) is 0 Å². The van der Waals surface area contributed by atoms with E-state index < -0.39 is 13.6 Å². The average Bonchev–Trinajstić information content (AvgIpc) is 2.14. The van der Waals surface area contributed by atoms with Crippen molar-refractivity contribution in [2.75, 3.05) is 47.1 Å². The van der Waals surface area contributed by atoms with Crippen LogP contribution in [0.4, 0.5) is 0 Å². The van der Waals surface area contributed by atoms with E-state index in [1.165, 1.54) is 6.92 Å². The van der Waals surface area contributed by atoms with Gasteiger partial charge in [-0.1, -0.05) is 6.58 Å². The Hall–Kier alpha value is -0.680. The van der Waals surface area contributed by atoms with Gasteiger partial charge in [-0.05, 0) is 6.92 Å². The van der Waals surface area contributed by atoms with Crippen molar-refractivity contribution < 1.29 is 28.0 Å². The van der Waals surface area contributed by atoms with Gasteiger partial charge >= 0.3 is 13.6 Å². The van der Waals surface area contributed by atoms with Gasteiger partial charge in [-0.2, -0.15) is 0 Å². The van der Waals surface area contributed by atoms with E-state index in [9.17, 15) is 14.3 Å². The Morgan fingerprint density at radius 1 is 1.33 bits per heavy atom. The summed E-state index contributed by atoms with van der Waals surface area (Å²) in [6.07, 6.45) is -0.205. The van der Waals surface area contributed by atoms with Crippen LogP contribution in [0.15, 0.2) is 12.2 Å². The highest BCUT2D eigenvalue weighted by molar-refractivity contribution is 7.52. The number of likely N-dealkylation sites (N-methyl/N-ethyl adjacent to an activating group) is 1. The van der Waals surface area contributed by atoms with Crippen molar-refractivity contribution in [1.82, 2.24) is 0 Å². The highest BCUT2D eigenvalue weighted by Gasteiger charge is 2.21. The topological polar surface area (TPSA) is 72.8 Å². The molecule has 1 unspecified atom stereocenters. The predicted octanol–water partition coefficient (Wildman–Crippen LogP) is 1.01. The Kier molecular flexibility index (Phi) is 6.78. The monoisotopic (exact) mass is 280 g/mol. The lowest BCUT2D eigenvalue weighted by Crippen LogP contribution is -2.37. The third-order valence-corrected chi connectivity index (χ3v) is 3.34. The molecule has 0 amide bonds. The van der Waals surface area contributed by atoms with Crippen molar-refractivity contribution >= 4 is 13.6 Å². The number of carbonyl (C=O) groups is 1. The molecule has 0 aromatic rings. The van der Waals surface area contributed by atoms with Crippen molar-refractivity contribution in [2.24, 2.45) is 0 Å². The van der Waals surface area contributed by atoms with Gasteiger partial charge in [0.05, 0.1) is 27.3 Å². The number of carbonyl (C=O) groups excluding carboxylic acids is 1. The second-order valence-corrected chi connectivity index (χ2v) is 7.10. The maximum atomic E-state index is 11.6. The molecule has 0 heterocycles. The van der Waals surface area contributed by atoms with Crippen LogP contribution < -0.4 is 0 Å². The number of quaternary nitrogens is 1. The van der Waals surface area contributed by atoms with E-state index in [-0.39, 0.29) is 24.9 Å². The highest BCUT2D eigenvalue weighted by atomic mass is 31.2. The van der Waals surface area contributed by atoms with Gasteiger partial charge in [0, 0.05) is 5.57 Å². The smallest absolute Gasteiger partial charge is 0.333 e. The standard InChI is InChI=1S/C11H22NO5P/c1-10(2)11(13)16-8-9-18(14,15)17-7-6-12(3,4)5/h1,6-9H2,2-5H3/p+1. The number of esters is 1. The zero-order valence-electron chi connectivity index (χ0n) is 11.5. The molecule has 0 aromatic carbocycles. The van der Waals surface area contributed by atoms with E-state index in [0.29, 0.717) is 11.0 Å². The molecule has 0 spiro atoms. The molecule has 0 saturated heterocycles. The summed E-state index contributed by atoms with van der Waals surface area (Å²) >= 11 is 0. The molecule has 0 fully saturated rings. The SMILES string of the molecule is C=C(C)C(=O)OCCP(=O)(O)OCC[N+](C)(C)C. The number of hydrogen-bond acceptors (Lipinski definition) is 4. The zero-order valence-corrected chi connectivity index (χ0v) is 12.4. The molecule has 0 radical (unpaired) electrons. The highest BCUT2D eigenvalue weighted by Crippen LogP contribution is 2.41. The Morgan fingerprint density at radius 2 is 1.89 bits per heavy atom. The van der Waals surface area contributed by atoms with Crippen LogP contribution in [0, 0.1) is 0 Å². The van der Waals surface area contributed by atoms with Crippen molar-refractivity contribution in [1.29, 1.82) is 0 Å².